The number of likely N-dealkylation sites (tertiary alicyclic amines) is 1. The fourth-order valence-corrected chi connectivity index (χ4v) is 2.88. The summed E-state index contributed by atoms with van der Waals surface area (Å²) in [4.78, 5) is 14.3. The van der Waals surface area contributed by atoms with Gasteiger partial charge in [-0.2, -0.15) is 0 Å². The predicted molar refractivity (Wildman–Crippen MR) is 73.7 cm³/mol. The minimum absolute atomic E-state index is 0.109. The van der Waals surface area contributed by atoms with Crippen LogP contribution in [0, 0.1) is 0 Å². The Labute approximate surface area is 116 Å². The molecule has 0 radical (unpaired) electrons. The Balaban J connectivity index is 1.97. The average molecular weight is 315 g/mol. The molecule has 2 heterocycles. The Kier molecular flexibility index (Phi) is 4.45. The van der Waals surface area contributed by atoms with Crippen molar-refractivity contribution in [1.82, 2.24) is 9.47 Å². The standard InChI is InChI=1S/C13H19BrN2O2/c1-3-18-11-4-6-16(7-5-11)13(17)12-8-10(14)9-15(12)2/h8-9,11H,3-7H2,1-2H3. The lowest BCUT2D eigenvalue weighted by Gasteiger charge is -2.31. The van der Waals surface area contributed by atoms with Gasteiger partial charge in [-0.1, -0.05) is 0 Å². The first-order valence-electron chi connectivity index (χ1n) is 6.34. The Hall–Kier alpha value is -0.810. The van der Waals surface area contributed by atoms with E-state index in [0.29, 0.717) is 6.10 Å². The van der Waals surface area contributed by atoms with Crippen molar-refractivity contribution in [2.45, 2.75) is 25.9 Å². The third-order valence-electron chi connectivity index (χ3n) is 3.32. The van der Waals surface area contributed by atoms with E-state index >= 15 is 0 Å². The second kappa shape index (κ2) is 5.89. The van der Waals surface area contributed by atoms with Crippen molar-refractivity contribution in [3.63, 3.8) is 0 Å². The maximum absolute atomic E-state index is 12.3. The number of halogens is 1. The first kappa shape index (κ1) is 13.6. The average Bonchev–Trinajstić information content (AvgIpc) is 2.69. The van der Waals surface area contributed by atoms with Crippen LogP contribution in [0.1, 0.15) is 30.3 Å². The highest BCUT2D eigenvalue weighted by molar-refractivity contribution is 9.10. The normalized spacial score (nSPS) is 17.2. The number of carbonyl (C=O) groups is 1. The van der Waals surface area contributed by atoms with Crippen LogP contribution in [0.3, 0.4) is 0 Å². The van der Waals surface area contributed by atoms with Crippen LogP contribution in [0.25, 0.3) is 0 Å². The number of nitrogens with zero attached hydrogens (tertiary/aromatic N) is 2. The van der Waals surface area contributed by atoms with E-state index in [-0.39, 0.29) is 5.91 Å². The zero-order valence-corrected chi connectivity index (χ0v) is 12.4. The number of aromatic nitrogens is 1. The number of amides is 1. The van der Waals surface area contributed by atoms with Gasteiger partial charge in [0.2, 0.25) is 0 Å². The highest BCUT2D eigenvalue weighted by atomic mass is 79.9. The van der Waals surface area contributed by atoms with Crippen LogP contribution in [-0.2, 0) is 11.8 Å². The lowest BCUT2D eigenvalue weighted by atomic mass is 10.1. The summed E-state index contributed by atoms with van der Waals surface area (Å²) < 4.78 is 8.40. The number of piperidine rings is 1. The predicted octanol–water partition coefficient (Wildman–Crippen LogP) is 2.43. The molecule has 100 valence electrons. The molecule has 0 atom stereocenters. The lowest BCUT2D eigenvalue weighted by molar-refractivity contribution is 0.0143. The molecule has 1 aliphatic heterocycles. The molecule has 0 aromatic carbocycles. The summed E-state index contributed by atoms with van der Waals surface area (Å²) >= 11 is 3.39. The van der Waals surface area contributed by atoms with Gasteiger partial charge < -0.3 is 14.2 Å². The van der Waals surface area contributed by atoms with Gasteiger partial charge in [0.05, 0.1) is 6.10 Å². The second-order valence-corrected chi connectivity index (χ2v) is 5.52. The molecular weight excluding hydrogens is 296 g/mol. The summed E-state index contributed by atoms with van der Waals surface area (Å²) in [7, 11) is 1.89. The minimum atomic E-state index is 0.109. The summed E-state index contributed by atoms with van der Waals surface area (Å²) in [6.45, 7) is 4.33. The number of rotatable bonds is 3. The minimum Gasteiger partial charge on any atom is -0.378 e. The highest BCUT2D eigenvalue weighted by Gasteiger charge is 2.25. The number of hydrogen-bond acceptors (Lipinski definition) is 2. The second-order valence-electron chi connectivity index (χ2n) is 4.60. The van der Waals surface area contributed by atoms with Gasteiger partial charge in [-0.05, 0) is 41.8 Å². The highest BCUT2D eigenvalue weighted by Crippen LogP contribution is 2.19. The molecule has 1 fully saturated rings. The fraction of sp³-hybridized carbons (Fsp3) is 0.615. The van der Waals surface area contributed by atoms with Crippen molar-refractivity contribution in [3.8, 4) is 0 Å². The number of aryl methyl sites for hydroxylation is 1. The van der Waals surface area contributed by atoms with Gasteiger partial charge in [0.25, 0.3) is 5.91 Å². The van der Waals surface area contributed by atoms with E-state index in [1.165, 1.54) is 0 Å². The number of hydrogen-bond donors (Lipinski definition) is 0. The molecule has 4 nitrogen and oxygen atoms in total. The van der Waals surface area contributed by atoms with Crippen LogP contribution in [-0.4, -0.2) is 41.2 Å². The van der Waals surface area contributed by atoms with Crippen molar-refractivity contribution in [1.29, 1.82) is 0 Å². The first-order chi connectivity index (χ1) is 8.61. The van der Waals surface area contributed by atoms with Crippen LogP contribution in [0.5, 0.6) is 0 Å². The molecule has 1 amide bonds. The molecule has 1 aliphatic rings. The van der Waals surface area contributed by atoms with Gasteiger partial charge in [0.1, 0.15) is 5.69 Å². The van der Waals surface area contributed by atoms with Crippen LogP contribution in [0.2, 0.25) is 0 Å². The zero-order valence-electron chi connectivity index (χ0n) is 10.9. The molecule has 0 saturated carbocycles. The summed E-state index contributed by atoms with van der Waals surface area (Å²) in [5, 5.41) is 0. The monoisotopic (exact) mass is 314 g/mol. The van der Waals surface area contributed by atoms with Gasteiger partial charge in [-0.15, -0.1) is 0 Å². The molecule has 18 heavy (non-hydrogen) atoms. The lowest BCUT2D eigenvalue weighted by Crippen LogP contribution is -2.41. The van der Waals surface area contributed by atoms with Gasteiger partial charge in [-0.3, -0.25) is 4.79 Å². The van der Waals surface area contributed by atoms with E-state index in [0.717, 1.165) is 42.7 Å². The molecule has 0 N–H and O–H groups in total. The van der Waals surface area contributed by atoms with Crippen LogP contribution in [0.4, 0.5) is 0 Å². The third kappa shape index (κ3) is 2.95. The molecule has 2 rings (SSSR count). The molecule has 0 unspecified atom stereocenters. The summed E-state index contributed by atoms with van der Waals surface area (Å²) in [5.74, 6) is 0.109. The summed E-state index contributed by atoms with van der Waals surface area (Å²) in [6.07, 6.45) is 4.09. The maximum Gasteiger partial charge on any atom is 0.270 e. The first-order valence-corrected chi connectivity index (χ1v) is 7.14. The summed E-state index contributed by atoms with van der Waals surface area (Å²) in [6, 6.07) is 1.87. The third-order valence-corrected chi connectivity index (χ3v) is 3.76. The fourth-order valence-electron chi connectivity index (χ4n) is 2.36. The molecular formula is C13H19BrN2O2. The smallest absolute Gasteiger partial charge is 0.270 e. The van der Waals surface area contributed by atoms with E-state index in [9.17, 15) is 4.79 Å². The Bertz CT molecular complexity index is 423. The van der Waals surface area contributed by atoms with E-state index in [4.69, 9.17) is 4.74 Å². The summed E-state index contributed by atoms with van der Waals surface area (Å²) in [5.41, 5.74) is 0.733. The van der Waals surface area contributed by atoms with Crippen molar-refractivity contribution in [2.75, 3.05) is 19.7 Å². The molecule has 5 heteroatoms. The van der Waals surface area contributed by atoms with Crippen LogP contribution in [0.15, 0.2) is 16.7 Å². The topological polar surface area (TPSA) is 34.5 Å². The molecule has 1 aromatic heterocycles. The zero-order chi connectivity index (χ0) is 13.1. The van der Waals surface area contributed by atoms with Crippen LogP contribution < -0.4 is 0 Å². The van der Waals surface area contributed by atoms with Gasteiger partial charge >= 0.3 is 0 Å². The molecule has 0 spiro atoms. The van der Waals surface area contributed by atoms with Crippen molar-refractivity contribution < 1.29 is 9.53 Å². The van der Waals surface area contributed by atoms with Crippen LogP contribution >= 0.6 is 15.9 Å². The van der Waals surface area contributed by atoms with E-state index in [1.54, 1.807) is 0 Å². The van der Waals surface area contributed by atoms with Crippen molar-refractivity contribution >= 4 is 21.8 Å². The van der Waals surface area contributed by atoms with E-state index < -0.39 is 0 Å². The maximum atomic E-state index is 12.3. The molecule has 1 saturated heterocycles. The Morgan fingerprint density at radius 1 is 1.50 bits per heavy atom. The van der Waals surface area contributed by atoms with Gasteiger partial charge in [0, 0.05) is 37.4 Å². The van der Waals surface area contributed by atoms with Gasteiger partial charge in [0.15, 0.2) is 0 Å². The number of ether oxygens (including phenoxy) is 1. The van der Waals surface area contributed by atoms with E-state index in [1.807, 2.05) is 35.7 Å². The Morgan fingerprint density at radius 2 is 2.17 bits per heavy atom. The van der Waals surface area contributed by atoms with E-state index in [2.05, 4.69) is 15.9 Å². The molecule has 0 aliphatic carbocycles. The Morgan fingerprint density at radius 3 is 2.67 bits per heavy atom. The van der Waals surface area contributed by atoms with Crippen molar-refractivity contribution in [3.05, 3.63) is 22.4 Å². The largest absolute Gasteiger partial charge is 0.378 e. The number of carbonyl (C=O) groups excluding carboxylic acids is 1. The van der Waals surface area contributed by atoms with Gasteiger partial charge in [-0.25, -0.2) is 0 Å². The molecule has 1 aromatic rings. The quantitative estimate of drug-likeness (QED) is 0.858. The van der Waals surface area contributed by atoms with Crippen molar-refractivity contribution in [2.24, 2.45) is 7.05 Å². The molecule has 0 bridgehead atoms. The SMILES string of the molecule is CCOC1CCN(C(=O)c2cc(Br)cn2C)CC1.